The molecule has 10 nitrogen and oxygen atoms in total. The maximum atomic E-state index is 14.9. The van der Waals surface area contributed by atoms with Crippen LogP contribution in [-0.2, 0) is 23.9 Å². The van der Waals surface area contributed by atoms with Crippen molar-refractivity contribution < 1.29 is 29.0 Å². The molecule has 1 spiro atoms. The molecule has 3 fully saturated rings. The SMILES string of the molecule is C[C@@]12C=CCN(c3ccccc3)C(=O)[C@@H]1[C@H]1C(=O)N([C@H](CO)c3ccccc3)C3C(=O)N(CCN4CCOCC4)CC=C[C@@]31O2. The number of nitrogens with zero attached hydrogens (tertiary/aromatic N) is 4. The summed E-state index contributed by atoms with van der Waals surface area (Å²) in [5, 5.41) is 10.8. The molecule has 0 bridgehead atoms. The number of ether oxygens (including phenoxy) is 2. The fourth-order valence-corrected chi connectivity index (χ4v) is 8.00. The molecule has 0 aromatic heterocycles. The van der Waals surface area contributed by atoms with E-state index in [1.54, 1.807) is 9.80 Å². The number of likely N-dealkylation sites (tertiary alicyclic amines) is 1. The van der Waals surface area contributed by atoms with Crippen LogP contribution in [0.2, 0.25) is 0 Å². The van der Waals surface area contributed by atoms with Crippen LogP contribution in [0.15, 0.2) is 85.0 Å². The molecular formula is C35H40N4O6. The Bertz CT molecular complexity index is 1490. The van der Waals surface area contributed by atoms with E-state index in [0.717, 1.165) is 18.8 Å². The zero-order chi connectivity index (χ0) is 31.2. The van der Waals surface area contributed by atoms with Crippen molar-refractivity contribution in [2.24, 2.45) is 11.8 Å². The van der Waals surface area contributed by atoms with Gasteiger partial charge in [0, 0.05) is 45.0 Å². The highest BCUT2D eigenvalue weighted by Crippen LogP contribution is 2.58. The first-order chi connectivity index (χ1) is 21.9. The van der Waals surface area contributed by atoms with Gasteiger partial charge in [0.2, 0.25) is 17.7 Å². The van der Waals surface area contributed by atoms with Crippen LogP contribution >= 0.6 is 0 Å². The van der Waals surface area contributed by atoms with E-state index in [-0.39, 0.29) is 24.3 Å². The maximum Gasteiger partial charge on any atom is 0.249 e. The van der Waals surface area contributed by atoms with E-state index in [4.69, 9.17) is 9.47 Å². The number of fused-ring (bicyclic) bond motifs is 2. The van der Waals surface area contributed by atoms with Crippen LogP contribution in [0.3, 0.4) is 0 Å². The lowest BCUT2D eigenvalue weighted by atomic mass is 9.74. The molecule has 0 radical (unpaired) electrons. The fraction of sp³-hybridized carbons (Fsp3) is 0.457. The lowest BCUT2D eigenvalue weighted by molar-refractivity contribution is -0.154. The van der Waals surface area contributed by atoms with E-state index >= 15 is 0 Å². The van der Waals surface area contributed by atoms with Crippen LogP contribution in [0.1, 0.15) is 18.5 Å². The highest BCUT2D eigenvalue weighted by molar-refractivity contribution is 6.04. The summed E-state index contributed by atoms with van der Waals surface area (Å²) in [6.07, 6.45) is 7.58. The molecule has 5 aliphatic rings. The van der Waals surface area contributed by atoms with Crippen LogP contribution in [0, 0.1) is 11.8 Å². The zero-order valence-electron chi connectivity index (χ0n) is 25.5. The number of anilines is 1. The molecule has 3 amide bonds. The Morgan fingerprint density at radius 1 is 0.844 bits per heavy atom. The Morgan fingerprint density at radius 2 is 1.53 bits per heavy atom. The van der Waals surface area contributed by atoms with Crippen molar-refractivity contribution >= 4 is 23.4 Å². The molecule has 45 heavy (non-hydrogen) atoms. The second kappa shape index (κ2) is 11.8. The normalized spacial score (nSPS) is 32.3. The molecule has 1 unspecified atom stereocenters. The first-order valence-corrected chi connectivity index (χ1v) is 15.9. The quantitative estimate of drug-likeness (QED) is 0.478. The van der Waals surface area contributed by atoms with Crippen molar-refractivity contribution in [3.05, 3.63) is 90.5 Å². The van der Waals surface area contributed by atoms with Gasteiger partial charge in [0.15, 0.2) is 0 Å². The molecule has 10 heteroatoms. The predicted octanol–water partition coefficient (Wildman–Crippen LogP) is 2.02. The topological polar surface area (TPSA) is 103 Å². The Morgan fingerprint density at radius 3 is 2.24 bits per heavy atom. The number of aliphatic hydroxyl groups is 1. The summed E-state index contributed by atoms with van der Waals surface area (Å²) in [7, 11) is 0. The van der Waals surface area contributed by atoms with Crippen LogP contribution in [0.25, 0.3) is 0 Å². The van der Waals surface area contributed by atoms with E-state index in [9.17, 15) is 19.5 Å². The number of hydrogen-bond donors (Lipinski definition) is 1. The van der Waals surface area contributed by atoms with Crippen LogP contribution in [-0.4, -0.2) is 114 Å². The van der Waals surface area contributed by atoms with Gasteiger partial charge in [0.25, 0.3) is 0 Å². The summed E-state index contributed by atoms with van der Waals surface area (Å²) in [4.78, 5) is 51.5. The molecule has 0 aliphatic carbocycles. The van der Waals surface area contributed by atoms with Crippen LogP contribution < -0.4 is 4.90 Å². The van der Waals surface area contributed by atoms with Crippen molar-refractivity contribution in [3.63, 3.8) is 0 Å². The van der Waals surface area contributed by atoms with Gasteiger partial charge in [-0.15, -0.1) is 0 Å². The number of amides is 3. The molecule has 6 atom stereocenters. The van der Waals surface area contributed by atoms with Gasteiger partial charge in [-0.3, -0.25) is 19.3 Å². The number of carbonyl (C=O) groups is 3. The molecule has 5 heterocycles. The second-order valence-corrected chi connectivity index (χ2v) is 12.7. The lowest BCUT2D eigenvalue weighted by Crippen LogP contribution is -2.57. The highest BCUT2D eigenvalue weighted by Gasteiger charge is 2.75. The minimum atomic E-state index is -1.40. The number of carbonyl (C=O) groups excluding carboxylic acids is 3. The minimum Gasteiger partial charge on any atom is -0.394 e. The molecule has 1 N–H and O–H groups in total. The smallest absolute Gasteiger partial charge is 0.249 e. The van der Waals surface area contributed by atoms with E-state index < -0.39 is 35.1 Å². The number of hydrogen-bond acceptors (Lipinski definition) is 7. The Kier molecular flexibility index (Phi) is 7.85. The minimum absolute atomic E-state index is 0.223. The summed E-state index contributed by atoms with van der Waals surface area (Å²) >= 11 is 0. The van der Waals surface area contributed by atoms with Gasteiger partial charge in [-0.25, -0.2) is 0 Å². The molecular weight excluding hydrogens is 572 g/mol. The van der Waals surface area contributed by atoms with Crippen LogP contribution in [0.4, 0.5) is 5.69 Å². The molecule has 0 saturated carbocycles. The lowest BCUT2D eigenvalue weighted by Gasteiger charge is -2.40. The highest BCUT2D eigenvalue weighted by atomic mass is 16.5. The monoisotopic (exact) mass is 612 g/mol. The third-order valence-electron chi connectivity index (χ3n) is 10.1. The average molecular weight is 613 g/mol. The number of para-hydroxylation sites is 1. The third-order valence-corrected chi connectivity index (χ3v) is 10.1. The van der Waals surface area contributed by atoms with Gasteiger partial charge in [0.1, 0.15) is 11.6 Å². The van der Waals surface area contributed by atoms with E-state index in [1.165, 1.54) is 4.90 Å². The Labute approximate surface area is 263 Å². The predicted molar refractivity (Wildman–Crippen MR) is 167 cm³/mol. The van der Waals surface area contributed by atoms with E-state index in [1.807, 2.05) is 91.9 Å². The maximum absolute atomic E-state index is 14.9. The van der Waals surface area contributed by atoms with Gasteiger partial charge in [-0.05, 0) is 24.6 Å². The zero-order valence-corrected chi connectivity index (χ0v) is 25.5. The summed E-state index contributed by atoms with van der Waals surface area (Å²) in [6.45, 7) is 6.23. The summed E-state index contributed by atoms with van der Waals surface area (Å²) < 4.78 is 12.5. The number of benzene rings is 2. The fourth-order valence-electron chi connectivity index (χ4n) is 8.00. The molecule has 2 aromatic rings. The summed E-state index contributed by atoms with van der Waals surface area (Å²) in [5.41, 5.74) is -1.08. The number of aliphatic hydroxyl groups excluding tert-OH is 1. The standard InChI is InChI=1S/C35H40N4O6/c1-34-14-8-17-38(26-12-6-3-7-13-26)31(41)28(34)29-32(42)39(27(24-40)25-10-4-2-5-11-25)30-33(43)37(16-9-15-35(29,30)45-34)19-18-36-20-22-44-23-21-36/h2-15,27-30,40H,16-24H2,1H3/t27-,28+,29+,30?,34-,35+/m1/s1. The number of rotatable bonds is 7. The third kappa shape index (κ3) is 4.91. The van der Waals surface area contributed by atoms with Gasteiger partial charge < -0.3 is 29.3 Å². The van der Waals surface area contributed by atoms with Crippen molar-refractivity contribution in [3.8, 4) is 0 Å². The van der Waals surface area contributed by atoms with Crippen LogP contribution in [0.5, 0.6) is 0 Å². The Hall–Kier alpha value is -3.83. The van der Waals surface area contributed by atoms with Gasteiger partial charge in [0.05, 0.1) is 43.3 Å². The van der Waals surface area contributed by atoms with Gasteiger partial charge >= 0.3 is 0 Å². The molecule has 3 saturated heterocycles. The molecule has 236 valence electrons. The molecule has 5 aliphatic heterocycles. The van der Waals surface area contributed by atoms with Crippen molar-refractivity contribution in [2.75, 3.05) is 64.0 Å². The molecule has 7 rings (SSSR count). The largest absolute Gasteiger partial charge is 0.394 e. The second-order valence-electron chi connectivity index (χ2n) is 12.7. The summed E-state index contributed by atoms with van der Waals surface area (Å²) in [5.74, 6) is -2.68. The first-order valence-electron chi connectivity index (χ1n) is 15.9. The van der Waals surface area contributed by atoms with Crippen molar-refractivity contribution in [1.29, 1.82) is 0 Å². The van der Waals surface area contributed by atoms with E-state index in [0.29, 0.717) is 45.0 Å². The van der Waals surface area contributed by atoms with E-state index in [2.05, 4.69) is 4.90 Å². The first kappa shape index (κ1) is 29.9. The Balaban J connectivity index is 1.31. The average Bonchev–Trinajstić information content (AvgIpc) is 3.34. The van der Waals surface area contributed by atoms with Crippen molar-refractivity contribution in [2.45, 2.75) is 30.2 Å². The van der Waals surface area contributed by atoms with Gasteiger partial charge in [-0.2, -0.15) is 0 Å². The van der Waals surface area contributed by atoms with Gasteiger partial charge in [-0.1, -0.05) is 72.8 Å². The summed E-state index contributed by atoms with van der Waals surface area (Å²) in [6, 6.07) is 16.8. The molecule has 2 aromatic carbocycles. The number of morpholine rings is 1. The van der Waals surface area contributed by atoms with Crippen molar-refractivity contribution in [1.82, 2.24) is 14.7 Å².